The molecule has 2 heterocycles. The van der Waals surface area contributed by atoms with Gasteiger partial charge in [0.2, 0.25) is 0 Å². The Balaban J connectivity index is 0.000000217. The van der Waals surface area contributed by atoms with Gasteiger partial charge in [-0.1, -0.05) is 18.3 Å². The summed E-state index contributed by atoms with van der Waals surface area (Å²) in [5.41, 5.74) is 0.830. The molecule has 2 rings (SSSR count). The Morgan fingerprint density at radius 2 is 2.15 bits per heavy atom. The van der Waals surface area contributed by atoms with Crippen molar-refractivity contribution >= 4 is 12.2 Å². The van der Waals surface area contributed by atoms with Crippen molar-refractivity contribution in [1.29, 1.82) is 0 Å². The second-order valence-electron chi connectivity index (χ2n) is 3.93. The van der Waals surface area contributed by atoms with Gasteiger partial charge in [0, 0.05) is 32.1 Å². The summed E-state index contributed by atoms with van der Waals surface area (Å²) in [5.74, 6) is -0.658. The summed E-state index contributed by atoms with van der Waals surface area (Å²) in [4.78, 5) is 0. The summed E-state index contributed by atoms with van der Waals surface area (Å²) in [5, 5.41) is 9.16. The number of ether oxygens (including phenoxy) is 4. The van der Waals surface area contributed by atoms with Crippen LogP contribution in [0.2, 0.25) is 0 Å². The highest BCUT2D eigenvalue weighted by atomic mass is 32.1. The molecule has 0 amide bonds. The van der Waals surface area contributed by atoms with Gasteiger partial charge in [0.25, 0.3) is 0 Å². The lowest BCUT2D eigenvalue weighted by Gasteiger charge is -2.06. The van der Waals surface area contributed by atoms with E-state index in [1.54, 1.807) is 13.2 Å². The Bertz CT molecular complexity index is 458. The van der Waals surface area contributed by atoms with Crippen molar-refractivity contribution in [2.24, 2.45) is 0 Å². The molecule has 1 unspecified atom stereocenters. The van der Waals surface area contributed by atoms with Crippen molar-refractivity contribution in [3.63, 3.8) is 0 Å². The summed E-state index contributed by atoms with van der Waals surface area (Å²) in [7, 11) is 1.57. The van der Waals surface area contributed by atoms with E-state index in [9.17, 15) is 0 Å². The predicted molar refractivity (Wildman–Crippen MR) is 75.1 cm³/mol. The van der Waals surface area contributed by atoms with Crippen molar-refractivity contribution in [1.82, 2.24) is 4.73 Å². The standard InChI is InChI=1S/C8H11NO2S.C5H10O3/c1-2-11-6-7-4-3-5-9(10)8(7)12;1-3-7-5(6-2)4-8-5/h3-5,10H,2,6H2,1H3;3-4H2,1-2H3. The van der Waals surface area contributed by atoms with Crippen LogP contribution in [0.25, 0.3) is 0 Å². The quantitative estimate of drug-likeness (QED) is 0.377. The molecule has 1 aromatic heterocycles. The van der Waals surface area contributed by atoms with Gasteiger partial charge in [-0.05, 0) is 19.9 Å². The molecule has 0 aliphatic carbocycles. The Labute approximate surface area is 123 Å². The van der Waals surface area contributed by atoms with Crippen LogP contribution < -0.4 is 0 Å². The number of rotatable bonds is 6. The van der Waals surface area contributed by atoms with E-state index in [0.717, 1.165) is 10.3 Å². The molecule has 20 heavy (non-hydrogen) atoms. The second-order valence-corrected chi connectivity index (χ2v) is 4.32. The zero-order valence-corrected chi connectivity index (χ0v) is 12.8. The minimum absolute atomic E-state index is 0.408. The molecule has 6 nitrogen and oxygen atoms in total. The molecule has 1 fully saturated rings. The third kappa shape index (κ3) is 5.18. The molecule has 1 aliphatic heterocycles. The molecule has 0 radical (unpaired) electrons. The fraction of sp³-hybridized carbons (Fsp3) is 0.615. The molecular formula is C13H21NO5S. The van der Waals surface area contributed by atoms with Crippen LogP contribution in [0.5, 0.6) is 0 Å². The summed E-state index contributed by atoms with van der Waals surface area (Å²) in [6, 6.07) is 3.56. The topological polar surface area (TPSA) is 65.4 Å². The molecule has 0 aromatic carbocycles. The van der Waals surface area contributed by atoms with Gasteiger partial charge in [-0.15, -0.1) is 0 Å². The summed E-state index contributed by atoms with van der Waals surface area (Å²) < 4.78 is 21.2. The average Bonchev–Trinajstić information content (AvgIpc) is 3.22. The Morgan fingerprint density at radius 3 is 2.60 bits per heavy atom. The van der Waals surface area contributed by atoms with Crippen molar-refractivity contribution in [2.75, 3.05) is 26.9 Å². The first-order chi connectivity index (χ1) is 9.58. The van der Waals surface area contributed by atoms with Gasteiger partial charge in [0.15, 0.2) is 0 Å². The fourth-order valence-corrected chi connectivity index (χ4v) is 1.58. The summed E-state index contributed by atoms with van der Waals surface area (Å²) >= 11 is 4.94. The monoisotopic (exact) mass is 303 g/mol. The third-order valence-electron chi connectivity index (χ3n) is 2.52. The fourth-order valence-electron chi connectivity index (χ4n) is 1.39. The number of methoxy groups -OCH3 is 1. The number of hydrogen-bond donors (Lipinski definition) is 1. The van der Waals surface area contributed by atoms with Gasteiger partial charge >= 0.3 is 5.97 Å². The van der Waals surface area contributed by atoms with E-state index in [0.29, 0.717) is 31.1 Å². The number of nitrogens with zero attached hydrogens (tertiary/aromatic N) is 1. The highest BCUT2D eigenvalue weighted by Gasteiger charge is 2.47. The maximum atomic E-state index is 9.16. The lowest BCUT2D eigenvalue weighted by molar-refractivity contribution is -0.208. The molecule has 1 aromatic rings. The largest absolute Gasteiger partial charge is 0.428 e. The lowest BCUT2D eigenvalue weighted by atomic mass is 10.3. The Morgan fingerprint density at radius 1 is 1.45 bits per heavy atom. The van der Waals surface area contributed by atoms with Crippen LogP contribution in [0.4, 0.5) is 0 Å². The van der Waals surface area contributed by atoms with E-state index in [-0.39, 0.29) is 0 Å². The van der Waals surface area contributed by atoms with Crippen molar-refractivity contribution in [2.45, 2.75) is 26.4 Å². The minimum Gasteiger partial charge on any atom is -0.428 e. The maximum absolute atomic E-state index is 9.16. The van der Waals surface area contributed by atoms with E-state index in [2.05, 4.69) is 0 Å². The minimum atomic E-state index is -0.658. The third-order valence-corrected chi connectivity index (χ3v) is 2.97. The molecule has 114 valence electrons. The van der Waals surface area contributed by atoms with Crippen molar-refractivity contribution in [3.8, 4) is 0 Å². The van der Waals surface area contributed by atoms with Crippen LogP contribution >= 0.6 is 12.2 Å². The van der Waals surface area contributed by atoms with Crippen LogP contribution in [-0.4, -0.2) is 42.8 Å². The molecular weight excluding hydrogens is 282 g/mol. The lowest BCUT2D eigenvalue weighted by Crippen LogP contribution is -2.17. The van der Waals surface area contributed by atoms with E-state index in [1.807, 2.05) is 19.9 Å². The number of hydrogen-bond acceptors (Lipinski definition) is 6. The van der Waals surface area contributed by atoms with Crippen LogP contribution in [0.15, 0.2) is 18.3 Å². The molecule has 0 saturated carbocycles. The average molecular weight is 303 g/mol. The first kappa shape index (κ1) is 17.1. The first-order valence-corrected chi connectivity index (χ1v) is 6.80. The Kier molecular flexibility index (Phi) is 7.11. The van der Waals surface area contributed by atoms with Gasteiger partial charge in [-0.3, -0.25) is 0 Å². The maximum Gasteiger partial charge on any atom is 0.308 e. The van der Waals surface area contributed by atoms with Gasteiger partial charge in [-0.2, -0.15) is 4.73 Å². The van der Waals surface area contributed by atoms with Crippen molar-refractivity contribution in [3.05, 3.63) is 28.5 Å². The molecule has 1 aliphatic rings. The second kappa shape index (κ2) is 8.33. The van der Waals surface area contributed by atoms with Gasteiger partial charge in [-0.25, -0.2) is 0 Å². The Hall–Kier alpha value is -0.990. The molecule has 1 saturated heterocycles. The van der Waals surface area contributed by atoms with Gasteiger partial charge in [0.05, 0.1) is 6.61 Å². The molecule has 1 N–H and O–H groups in total. The van der Waals surface area contributed by atoms with E-state index in [4.69, 9.17) is 36.4 Å². The van der Waals surface area contributed by atoms with Crippen LogP contribution in [0.1, 0.15) is 19.4 Å². The SMILES string of the molecule is CCOC1(OC)CO1.CCOCc1cccn(O)c1=S. The zero-order chi connectivity index (χ0) is 15.0. The summed E-state index contributed by atoms with van der Waals surface area (Å²) in [6.07, 6.45) is 1.50. The zero-order valence-electron chi connectivity index (χ0n) is 12.0. The number of pyridine rings is 1. The number of epoxide rings is 1. The van der Waals surface area contributed by atoms with Crippen LogP contribution in [-0.2, 0) is 25.6 Å². The van der Waals surface area contributed by atoms with Crippen LogP contribution in [0, 0.1) is 4.64 Å². The van der Waals surface area contributed by atoms with Crippen LogP contribution in [0.3, 0.4) is 0 Å². The molecule has 0 bridgehead atoms. The highest BCUT2D eigenvalue weighted by molar-refractivity contribution is 7.71. The smallest absolute Gasteiger partial charge is 0.308 e. The van der Waals surface area contributed by atoms with Gasteiger partial charge in [0.1, 0.15) is 11.2 Å². The highest BCUT2D eigenvalue weighted by Crippen LogP contribution is 2.28. The van der Waals surface area contributed by atoms with E-state index >= 15 is 0 Å². The van der Waals surface area contributed by atoms with E-state index < -0.39 is 5.97 Å². The summed E-state index contributed by atoms with van der Waals surface area (Å²) in [6.45, 7) is 6.12. The molecule has 0 spiro atoms. The van der Waals surface area contributed by atoms with E-state index in [1.165, 1.54) is 6.20 Å². The molecule has 7 heteroatoms. The molecule has 1 atom stereocenters. The number of aromatic nitrogens is 1. The predicted octanol–water partition coefficient (Wildman–Crippen LogP) is 2.34. The van der Waals surface area contributed by atoms with Crippen molar-refractivity contribution < 1.29 is 24.2 Å². The normalized spacial score (nSPS) is 20.1. The first-order valence-electron chi connectivity index (χ1n) is 6.39. The van der Waals surface area contributed by atoms with Gasteiger partial charge < -0.3 is 24.2 Å².